The van der Waals surface area contributed by atoms with Gasteiger partial charge in [0.05, 0.1) is 25.4 Å². The molecule has 0 saturated carbocycles. The van der Waals surface area contributed by atoms with Gasteiger partial charge in [-0.25, -0.2) is 0 Å². The van der Waals surface area contributed by atoms with E-state index in [4.69, 9.17) is 9.47 Å². The molecule has 5 nitrogen and oxygen atoms in total. The number of benzene rings is 2. The number of amides is 1. The van der Waals surface area contributed by atoms with Crippen LogP contribution >= 0.6 is 0 Å². The maximum absolute atomic E-state index is 12.6. The molecule has 0 spiro atoms. The van der Waals surface area contributed by atoms with Crippen LogP contribution in [-0.2, 0) is 4.74 Å². The van der Waals surface area contributed by atoms with Gasteiger partial charge >= 0.3 is 0 Å². The Balaban J connectivity index is 1.75. The first-order valence-electron chi connectivity index (χ1n) is 7.51. The summed E-state index contributed by atoms with van der Waals surface area (Å²) in [6.45, 7) is 0.614. The number of carbonyl (C=O) groups excluding carboxylic acids is 1. The number of aliphatic hydroxyl groups is 1. The second-order valence-corrected chi connectivity index (χ2v) is 5.53. The number of rotatable bonds is 4. The molecule has 0 aliphatic carbocycles. The third-order valence-corrected chi connectivity index (χ3v) is 3.90. The minimum Gasteiger partial charge on any atom is -0.457 e. The average Bonchev–Trinajstić information content (AvgIpc) is 3.01. The fraction of sp³-hybridized carbons (Fsp3) is 0.278. The molecule has 1 fully saturated rings. The van der Waals surface area contributed by atoms with E-state index in [0.29, 0.717) is 23.7 Å². The molecule has 2 atom stereocenters. The molecule has 2 aromatic rings. The van der Waals surface area contributed by atoms with E-state index >= 15 is 0 Å². The number of likely N-dealkylation sites (N-methyl/N-ethyl adjacent to an activating group) is 1. The molecule has 5 heteroatoms. The lowest BCUT2D eigenvalue weighted by Crippen LogP contribution is -2.44. The predicted octanol–water partition coefficient (Wildman–Crippen LogP) is 2.31. The largest absolute Gasteiger partial charge is 0.457 e. The summed E-state index contributed by atoms with van der Waals surface area (Å²) in [5, 5.41) is 9.86. The third kappa shape index (κ3) is 3.52. The van der Waals surface area contributed by atoms with Crippen molar-refractivity contribution in [3.63, 3.8) is 0 Å². The number of nitrogens with zero attached hydrogens (tertiary/aromatic N) is 1. The second kappa shape index (κ2) is 6.81. The van der Waals surface area contributed by atoms with Crippen molar-refractivity contribution in [2.24, 2.45) is 0 Å². The second-order valence-electron chi connectivity index (χ2n) is 5.53. The Morgan fingerprint density at radius 2 is 1.87 bits per heavy atom. The molecule has 120 valence electrons. The molecule has 0 radical (unpaired) electrons. The summed E-state index contributed by atoms with van der Waals surface area (Å²) in [7, 11) is 1.68. The van der Waals surface area contributed by atoms with Crippen molar-refractivity contribution in [1.29, 1.82) is 0 Å². The van der Waals surface area contributed by atoms with Gasteiger partial charge in [-0.05, 0) is 30.3 Å². The van der Waals surface area contributed by atoms with Crippen molar-refractivity contribution < 1.29 is 19.4 Å². The van der Waals surface area contributed by atoms with Crippen LogP contribution in [0.15, 0.2) is 54.6 Å². The minimum atomic E-state index is -0.646. The minimum absolute atomic E-state index is 0.168. The van der Waals surface area contributed by atoms with Crippen molar-refractivity contribution in [3.8, 4) is 11.5 Å². The number of ether oxygens (including phenoxy) is 2. The van der Waals surface area contributed by atoms with Gasteiger partial charge in [-0.2, -0.15) is 0 Å². The first kappa shape index (κ1) is 15.5. The quantitative estimate of drug-likeness (QED) is 0.941. The highest BCUT2D eigenvalue weighted by molar-refractivity contribution is 5.94. The number of hydrogen-bond acceptors (Lipinski definition) is 4. The molecule has 3 rings (SSSR count). The van der Waals surface area contributed by atoms with Crippen LogP contribution in [0.4, 0.5) is 0 Å². The summed E-state index contributed by atoms with van der Waals surface area (Å²) in [6.07, 6.45) is -0.646. The van der Waals surface area contributed by atoms with Crippen LogP contribution in [0.25, 0.3) is 0 Å². The molecule has 1 saturated heterocycles. The third-order valence-electron chi connectivity index (χ3n) is 3.90. The van der Waals surface area contributed by atoms with Gasteiger partial charge in [0, 0.05) is 12.6 Å². The van der Waals surface area contributed by atoms with Gasteiger partial charge in [-0.15, -0.1) is 0 Å². The monoisotopic (exact) mass is 313 g/mol. The molecule has 2 aromatic carbocycles. The summed E-state index contributed by atoms with van der Waals surface area (Å²) < 4.78 is 11.0. The summed E-state index contributed by atoms with van der Waals surface area (Å²) in [6, 6.07) is 16.1. The van der Waals surface area contributed by atoms with Gasteiger partial charge in [-0.1, -0.05) is 24.3 Å². The zero-order valence-electron chi connectivity index (χ0n) is 12.9. The van der Waals surface area contributed by atoms with E-state index < -0.39 is 6.10 Å². The van der Waals surface area contributed by atoms with Crippen molar-refractivity contribution in [2.45, 2.75) is 12.1 Å². The fourth-order valence-corrected chi connectivity index (χ4v) is 2.57. The van der Waals surface area contributed by atoms with Crippen LogP contribution in [0.2, 0.25) is 0 Å². The first-order valence-corrected chi connectivity index (χ1v) is 7.51. The molecule has 1 aliphatic heterocycles. The van der Waals surface area contributed by atoms with Crippen LogP contribution in [0.3, 0.4) is 0 Å². The molecule has 1 amide bonds. The maximum Gasteiger partial charge on any atom is 0.254 e. The van der Waals surface area contributed by atoms with Gasteiger partial charge in [0.15, 0.2) is 0 Å². The Kier molecular flexibility index (Phi) is 4.60. The molecular weight excluding hydrogens is 294 g/mol. The van der Waals surface area contributed by atoms with E-state index in [0.717, 1.165) is 0 Å². The molecule has 23 heavy (non-hydrogen) atoms. The summed E-state index contributed by atoms with van der Waals surface area (Å²) >= 11 is 0. The van der Waals surface area contributed by atoms with Crippen LogP contribution in [0.1, 0.15) is 10.4 Å². The number of hydrogen-bond donors (Lipinski definition) is 1. The van der Waals surface area contributed by atoms with Crippen LogP contribution in [0, 0.1) is 0 Å². The Morgan fingerprint density at radius 1 is 1.13 bits per heavy atom. The van der Waals surface area contributed by atoms with Crippen LogP contribution < -0.4 is 4.74 Å². The summed E-state index contributed by atoms with van der Waals surface area (Å²) in [5.41, 5.74) is 0.514. The van der Waals surface area contributed by atoms with E-state index in [2.05, 4.69) is 0 Å². The Labute approximate surface area is 135 Å². The highest BCUT2D eigenvalue weighted by atomic mass is 16.5. The van der Waals surface area contributed by atoms with Crippen molar-refractivity contribution >= 4 is 5.91 Å². The van der Waals surface area contributed by atoms with Crippen LogP contribution in [-0.4, -0.2) is 48.3 Å². The van der Waals surface area contributed by atoms with E-state index in [9.17, 15) is 9.90 Å². The molecule has 0 unspecified atom stereocenters. The normalized spacial score (nSPS) is 20.3. The zero-order chi connectivity index (χ0) is 16.2. The van der Waals surface area contributed by atoms with Gasteiger partial charge in [-0.3, -0.25) is 4.79 Å². The molecule has 1 aliphatic rings. The van der Waals surface area contributed by atoms with E-state index in [1.807, 2.05) is 30.3 Å². The molecular formula is C18H19NO4. The summed E-state index contributed by atoms with van der Waals surface area (Å²) in [5.74, 6) is 1.14. The van der Waals surface area contributed by atoms with Gasteiger partial charge in [0.2, 0.25) is 0 Å². The lowest BCUT2D eigenvalue weighted by atomic mass is 10.1. The van der Waals surface area contributed by atoms with Crippen molar-refractivity contribution in [2.75, 3.05) is 20.3 Å². The highest BCUT2D eigenvalue weighted by Gasteiger charge is 2.32. The fourth-order valence-electron chi connectivity index (χ4n) is 2.57. The van der Waals surface area contributed by atoms with Crippen molar-refractivity contribution in [1.82, 2.24) is 4.90 Å². The van der Waals surface area contributed by atoms with Gasteiger partial charge < -0.3 is 19.5 Å². The standard InChI is InChI=1S/C18H19NO4/c1-19(16-11-22-12-17(16)20)18(21)13-6-5-9-15(10-13)23-14-7-3-2-4-8-14/h2-10,16-17,20H,11-12H2,1H3/t16-,17-/m1/s1. The van der Waals surface area contributed by atoms with Crippen molar-refractivity contribution in [3.05, 3.63) is 60.2 Å². The van der Waals surface area contributed by atoms with E-state index in [1.165, 1.54) is 4.90 Å². The van der Waals surface area contributed by atoms with Gasteiger partial charge in [0.25, 0.3) is 5.91 Å². The average molecular weight is 313 g/mol. The zero-order valence-corrected chi connectivity index (χ0v) is 12.9. The predicted molar refractivity (Wildman–Crippen MR) is 85.7 cm³/mol. The molecule has 1 N–H and O–H groups in total. The number of aliphatic hydroxyl groups excluding tert-OH is 1. The smallest absolute Gasteiger partial charge is 0.254 e. The first-order chi connectivity index (χ1) is 11.1. The lowest BCUT2D eigenvalue weighted by molar-refractivity contribution is 0.0581. The maximum atomic E-state index is 12.6. The number of para-hydroxylation sites is 1. The SMILES string of the molecule is CN(C(=O)c1cccc(Oc2ccccc2)c1)[C@@H]1COC[C@H]1O. The topological polar surface area (TPSA) is 59.0 Å². The van der Waals surface area contributed by atoms with Crippen LogP contribution in [0.5, 0.6) is 11.5 Å². The van der Waals surface area contributed by atoms with E-state index in [1.54, 1.807) is 31.3 Å². The van der Waals surface area contributed by atoms with E-state index in [-0.39, 0.29) is 18.6 Å². The Bertz CT molecular complexity index is 674. The summed E-state index contributed by atoms with van der Waals surface area (Å²) in [4.78, 5) is 14.1. The highest BCUT2D eigenvalue weighted by Crippen LogP contribution is 2.23. The number of carbonyl (C=O) groups is 1. The Morgan fingerprint density at radius 3 is 2.57 bits per heavy atom. The van der Waals surface area contributed by atoms with Gasteiger partial charge in [0.1, 0.15) is 11.5 Å². The Hall–Kier alpha value is -2.37. The lowest BCUT2D eigenvalue weighted by Gasteiger charge is -2.25. The molecule has 1 heterocycles. The molecule has 0 bridgehead atoms. The molecule has 0 aromatic heterocycles.